The van der Waals surface area contributed by atoms with E-state index in [9.17, 15) is 0 Å². The number of para-hydroxylation sites is 2. The number of anilines is 3. The zero-order valence-electron chi connectivity index (χ0n) is 33.3. The second-order valence-electron chi connectivity index (χ2n) is 13.8. The van der Waals surface area contributed by atoms with Crippen LogP contribution in [0.3, 0.4) is 0 Å². The lowest BCUT2D eigenvalue weighted by molar-refractivity contribution is 0.670. The van der Waals surface area contributed by atoms with E-state index in [4.69, 9.17) is 4.42 Å². The van der Waals surface area contributed by atoms with Crippen molar-refractivity contribution in [3.8, 4) is 11.1 Å². The number of rotatable bonds is 13. The summed E-state index contributed by atoms with van der Waals surface area (Å²) in [6.07, 6.45) is 22.1. The molecule has 3 nitrogen and oxygen atoms in total. The fourth-order valence-corrected chi connectivity index (χ4v) is 7.63. The van der Waals surface area contributed by atoms with Crippen LogP contribution in [0.15, 0.2) is 189 Å². The quantitative estimate of drug-likeness (QED) is 0.110. The number of benzene rings is 5. The van der Waals surface area contributed by atoms with E-state index >= 15 is 0 Å². The fourth-order valence-electron chi connectivity index (χ4n) is 7.63. The Labute approximate surface area is 336 Å². The second-order valence-corrected chi connectivity index (χ2v) is 13.8. The second kappa shape index (κ2) is 16.7. The maximum Gasteiger partial charge on any atom is 0.143 e. The van der Waals surface area contributed by atoms with Gasteiger partial charge < -0.3 is 13.9 Å². The molecule has 0 saturated heterocycles. The van der Waals surface area contributed by atoms with Crippen LogP contribution < -0.4 is 4.90 Å². The van der Waals surface area contributed by atoms with Gasteiger partial charge in [-0.15, -0.1) is 0 Å². The van der Waals surface area contributed by atoms with Crippen LogP contribution in [0.5, 0.6) is 0 Å². The minimum absolute atomic E-state index is 0.839. The lowest BCUT2D eigenvalue weighted by Gasteiger charge is -2.29. The average Bonchev–Trinajstić information content (AvgIpc) is 3.79. The maximum absolute atomic E-state index is 6.73. The van der Waals surface area contributed by atoms with E-state index < -0.39 is 0 Å². The molecule has 0 aliphatic carbocycles. The first kappa shape index (κ1) is 38.2. The zero-order chi connectivity index (χ0) is 40.1. The highest BCUT2D eigenvalue weighted by molar-refractivity contribution is 6.13. The first-order valence-electron chi connectivity index (χ1n) is 19.3. The molecule has 5 aromatic carbocycles. The van der Waals surface area contributed by atoms with Crippen molar-refractivity contribution in [1.82, 2.24) is 4.57 Å². The maximum atomic E-state index is 6.73. The van der Waals surface area contributed by atoms with Gasteiger partial charge in [-0.25, -0.2) is 0 Å². The Morgan fingerprint density at radius 1 is 0.684 bits per heavy atom. The standard InChI is InChI=1S/C54H48N2O/c1-9-15-21-37(7)39-27-31-42(32-28-39)55(43-33-29-40(30-34-43)38(8)22-16-10-2)51-36-52-48(44(13-5)50(14-6)56(52)41(12-4)20-11-3)35-49(51)47-25-19-24-46-45-23-17-18-26-53(45)57-54(46)47/h9-36H,1,5-7H2,2-4,8H3/b16-10-,20-11-,21-15-,38-22+,41-12+. The molecule has 0 spiro atoms. The van der Waals surface area contributed by atoms with E-state index in [0.29, 0.717) is 0 Å². The van der Waals surface area contributed by atoms with Crippen molar-refractivity contribution in [2.24, 2.45) is 0 Å². The Bertz CT molecular complexity index is 2820. The fraction of sp³-hybridized carbons (Fsp3) is 0.0741. The highest BCUT2D eigenvalue weighted by atomic mass is 16.3. The summed E-state index contributed by atoms with van der Waals surface area (Å²) in [5.41, 5.74) is 15.1. The van der Waals surface area contributed by atoms with Crippen molar-refractivity contribution in [3.63, 3.8) is 0 Å². The lowest BCUT2D eigenvalue weighted by atomic mass is 9.96. The molecular weight excluding hydrogens is 693 g/mol. The van der Waals surface area contributed by atoms with E-state index in [-0.39, 0.29) is 0 Å². The molecule has 0 saturated carbocycles. The number of hydrogen-bond donors (Lipinski definition) is 0. The molecule has 0 amide bonds. The molecule has 280 valence electrons. The third kappa shape index (κ3) is 7.12. The topological polar surface area (TPSA) is 21.3 Å². The molecule has 7 aromatic rings. The summed E-state index contributed by atoms with van der Waals surface area (Å²) < 4.78 is 9.01. The summed E-state index contributed by atoms with van der Waals surface area (Å²) in [6.45, 7) is 25.0. The molecule has 2 heterocycles. The molecule has 0 radical (unpaired) electrons. The van der Waals surface area contributed by atoms with E-state index in [1.807, 2.05) is 56.4 Å². The van der Waals surface area contributed by atoms with Crippen LogP contribution in [0.1, 0.15) is 50.1 Å². The Morgan fingerprint density at radius 3 is 2.04 bits per heavy atom. The molecule has 0 unspecified atom stereocenters. The molecule has 57 heavy (non-hydrogen) atoms. The largest absolute Gasteiger partial charge is 0.455 e. The van der Waals surface area contributed by atoms with Crippen molar-refractivity contribution < 1.29 is 4.42 Å². The Hall–Kier alpha value is -7.10. The lowest BCUT2D eigenvalue weighted by Crippen LogP contribution is -2.12. The van der Waals surface area contributed by atoms with Gasteiger partial charge in [0.05, 0.1) is 16.9 Å². The van der Waals surface area contributed by atoms with Gasteiger partial charge in [0.2, 0.25) is 0 Å². The van der Waals surface area contributed by atoms with Gasteiger partial charge in [-0.3, -0.25) is 0 Å². The highest BCUT2D eigenvalue weighted by Crippen LogP contribution is 2.48. The van der Waals surface area contributed by atoms with Crippen molar-refractivity contribution >= 4 is 78.9 Å². The smallest absolute Gasteiger partial charge is 0.143 e. The minimum atomic E-state index is 0.839. The van der Waals surface area contributed by atoms with Crippen LogP contribution in [-0.4, -0.2) is 4.57 Å². The molecule has 0 aliphatic heterocycles. The third-order valence-electron chi connectivity index (χ3n) is 10.4. The third-order valence-corrected chi connectivity index (χ3v) is 10.4. The van der Waals surface area contributed by atoms with E-state index in [1.165, 1.54) is 5.57 Å². The Morgan fingerprint density at radius 2 is 1.39 bits per heavy atom. The number of nitrogens with zero attached hydrogens (tertiary/aromatic N) is 2. The van der Waals surface area contributed by atoms with Crippen LogP contribution in [0.25, 0.3) is 73.0 Å². The molecule has 0 atom stereocenters. The summed E-state index contributed by atoms with van der Waals surface area (Å²) in [5.74, 6) is 0. The predicted octanol–water partition coefficient (Wildman–Crippen LogP) is 16.1. The van der Waals surface area contributed by atoms with Crippen molar-refractivity contribution in [2.45, 2.75) is 27.7 Å². The molecule has 2 aromatic heterocycles. The monoisotopic (exact) mass is 740 g/mol. The number of hydrogen-bond acceptors (Lipinski definition) is 2. The summed E-state index contributed by atoms with van der Waals surface area (Å²) in [7, 11) is 0. The van der Waals surface area contributed by atoms with Gasteiger partial charge in [0.15, 0.2) is 0 Å². The molecule has 0 bridgehead atoms. The molecule has 0 N–H and O–H groups in total. The molecule has 7 rings (SSSR count). The zero-order valence-corrected chi connectivity index (χ0v) is 33.3. The van der Waals surface area contributed by atoms with E-state index in [1.54, 1.807) is 6.08 Å². The summed E-state index contributed by atoms with van der Waals surface area (Å²) in [6, 6.07) is 36.7. The van der Waals surface area contributed by atoms with Crippen LogP contribution in [0.2, 0.25) is 0 Å². The Balaban J connectivity index is 1.60. The van der Waals surface area contributed by atoms with Crippen LogP contribution in [0.4, 0.5) is 17.1 Å². The van der Waals surface area contributed by atoms with Crippen LogP contribution >= 0.6 is 0 Å². The van der Waals surface area contributed by atoms with Gasteiger partial charge in [-0.1, -0.05) is 142 Å². The first-order valence-corrected chi connectivity index (χ1v) is 19.3. The van der Waals surface area contributed by atoms with Gasteiger partial charge in [0.1, 0.15) is 11.2 Å². The molecule has 3 heteroatoms. The highest BCUT2D eigenvalue weighted by Gasteiger charge is 2.25. The summed E-state index contributed by atoms with van der Waals surface area (Å²) >= 11 is 0. The summed E-state index contributed by atoms with van der Waals surface area (Å²) in [4.78, 5) is 2.35. The van der Waals surface area contributed by atoms with Gasteiger partial charge in [0, 0.05) is 49.9 Å². The molecule has 0 aliphatic rings. The first-order chi connectivity index (χ1) is 27.9. The van der Waals surface area contributed by atoms with Crippen molar-refractivity contribution in [3.05, 3.63) is 207 Å². The van der Waals surface area contributed by atoms with Crippen LogP contribution in [-0.2, 0) is 0 Å². The Kier molecular flexibility index (Phi) is 11.2. The van der Waals surface area contributed by atoms with Crippen molar-refractivity contribution in [1.29, 1.82) is 0 Å². The van der Waals surface area contributed by atoms with Gasteiger partial charge in [-0.2, -0.15) is 0 Å². The molecule has 0 fully saturated rings. The normalized spacial score (nSPS) is 12.5. The van der Waals surface area contributed by atoms with E-state index in [2.05, 4.69) is 171 Å². The average molecular weight is 741 g/mol. The minimum Gasteiger partial charge on any atom is -0.455 e. The van der Waals surface area contributed by atoms with Crippen LogP contribution in [0, 0.1) is 0 Å². The number of aromatic nitrogens is 1. The predicted molar refractivity (Wildman–Crippen MR) is 251 cm³/mol. The number of furan rings is 1. The summed E-state index contributed by atoms with van der Waals surface area (Å²) in [5, 5.41) is 3.22. The van der Waals surface area contributed by atoms with Crippen molar-refractivity contribution in [2.75, 3.05) is 4.90 Å². The SMILES string of the molecule is C=C/C=C\C(=C)c1ccc(N(c2ccc(/C(C)=C/C=C\C)cc2)c2cc3c(cc2-c2cccc4c2oc2ccccc24)c(C=C)c(C=C)n3C(/C=C\C)=C/C)cc1. The molecular formula is C54H48N2O. The number of allylic oxidation sites excluding steroid dienone is 12. The number of fused-ring (bicyclic) bond motifs is 4. The van der Waals surface area contributed by atoms with Gasteiger partial charge in [0.25, 0.3) is 0 Å². The van der Waals surface area contributed by atoms with E-state index in [0.717, 1.165) is 94.7 Å². The van der Waals surface area contributed by atoms with Gasteiger partial charge in [-0.05, 0) is 105 Å². The van der Waals surface area contributed by atoms with Gasteiger partial charge >= 0.3 is 0 Å².